The number of piperazine rings is 1. The molecule has 0 saturated carbocycles. The molecule has 1 amide bonds. The molecule has 4 nitrogen and oxygen atoms in total. The minimum absolute atomic E-state index is 0.0857. The van der Waals surface area contributed by atoms with E-state index in [2.05, 4.69) is 21.2 Å². The number of rotatable bonds is 5. The predicted octanol–water partition coefficient (Wildman–Crippen LogP) is 4.40. The van der Waals surface area contributed by atoms with E-state index in [9.17, 15) is 4.79 Å². The summed E-state index contributed by atoms with van der Waals surface area (Å²) in [6.07, 6.45) is 0. The standard InChI is InChI=1S/C19H20Cl3N3O/c20-15-4-1-3-14(11-15)12-24-7-9-25(10-8-24)13-18(26)23-17-6-2-5-16(21)19(17)22/h1-6,11H,7-10,12-13H2,(H,23,26). The van der Waals surface area contributed by atoms with E-state index in [-0.39, 0.29) is 5.91 Å². The second kappa shape index (κ2) is 9.07. The van der Waals surface area contributed by atoms with Gasteiger partial charge in [-0.05, 0) is 29.8 Å². The van der Waals surface area contributed by atoms with Gasteiger partial charge in [-0.15, -0.1) is 0 Å². The third-order valence-electron chi connectivity index (χ3n) is 4.35. The maximum atomic E-state index is 12.3. The minimum Gasteiger partial charge on any atom is -0.324 e. The van der Waals surface area contributed by atoms with E-state index < -0.39 is 0 Å². The van der Waals surface area contributed by atoms with Crippen molar-refractivity contribution in [3.63, 3.8) is 0 Å². The van der Waals surface area contributed by atoms with Crippen LogP contribution in [0.15, 0.2) is 42.5 Å². The van der Waals surface area contributed by atoms with Crippen molar-refractivity contribution >= 4 is 46.4 Å². The van der Waals surface area contributed by atoms with Gasteiger partial charge in [0.1, 0.15) is 0 Å². The van der Waals surface area contributed by atoms with Crippen molar-refractivity contribution in [1.29, 1.82) is 0 Å². The third-order valence-corrected chi connectivity index (χ3v) is 5.41. The molecule has 0 unspecified atom stereocenters. The van der Waals surface area contributed by atoms with Crippen LogP contribution in [-0.4, -0.2) is 48.4 Å². The quantitative estimate of drug-likeness (QED) is 0.790. The van der Waals surface area contributed by atoms with Crippen molar-refractivity contribution in [2.75, 3.05) is 38.0 Å². The van der Waals surface area contributed by atoms with Gasteiger partial charge in [0.2, 0.25) is 5.91 Å². The van der Waals surface area contributed by atoms with Crippen LogP contribution in [0.2, 0.25) is 15.1 Å². The van der Waals surface area contributed by atoms with Gasteiger partial charge >= 0.3 is 0 Å². The van der Waals surface area contributed by atoms with Crippen molar-refractivity contribution in [2.45, 2.75) is 6.54 Å². The van der Waals surface area contributed by atoms with E-state index in [1.54, 1.807) is 18.2 Å². The summed E-state index contributed by atoms with van der Waals surface area (Å²) in [5, 5.41) is 4.39. The third kappa shape index (κ3) is 5.35. The van der Waals surface area contributed by atoms with Gasteiger partial charge in [0, 0.05) is 37.7 Å². The van der Waals surface area contributed by atoms with Crippen molar-refractivity contribution < 1.29 is 4.79 Å². The largest absolute Gasteiger partial charge is 0.324 e. The number of anilines is 1. The van der Waals surface area contributed by atoms with E-state index in [0.717, 1.165) is 37.7 Å². The molecule has 0 atom stereocenters. The van der Waals surface area contributed by atoms with E-state index >= 15 is 0 Å². The van der Waals surface area contributed by atoms with Gasteiger partial charge in [-0.25, -0.2) is 0 Å². The van der Waals surface area contributed by atoms with Gasteiger partial charge in [0.15, 0.2) is 0 Å². The first-order valence-electron chi connectivity index (χ1n) is 8.44. The molecule has 1 saturated heterocycles. The Morgan fingerprint density at radius 3 is 2.38 bits per heavy atom. The fourth-order valence-corrected chi connectivity index (χ4v) is 3.55. The molecule has 1 aliphatic heterocycles. The minimum atomic E-state index is -0.0857. The zero-order valence-electron chi connectivity index (χ0n) is 14.2. The summed E-state index contributed by atoms with van der Waals surface area (Å²) in [4.78, 5) is 16.8. The van der Waals surface area contributed by atoms with Crippen LogP contribution in [0.5, 0.6) is 0 Å². The van der Waals surface area contributed by atoms with Gasteiger partial charge in [-0.3, -0.25) is 14.6 Å². The van der Waals surface area contributed by atoms with Crippen molar-refractivity contribution in [1.82, 2.24) is 9.80 Å². The Bertz CT molecular complexity index is 776. The zero-order valence-corrected chi connectivity index (χ0v) is 16.5. The maximum Gasteiger partial charge on any atom is 0.238 e. The van der Waals surface area contributed by atoms with Gasteiger partial charge < -0.3 is 5.32 Å². The highest BCUT2D eigenvalue weighted by Gasteiger charge is 2.19. The van der Waals surface area contributed by atoms with Crippen LogP contribution in [0.3, 0.4) is 0 Å². The molecule has 1 aliphatic rings. The molecule has 0 radical (unpaired) electrons. The van der Waals surface area contributed by atoms with E-state index in [4.69, 9.17) is 34.8 Å². The van der Waals surface area contributed by atoms with Crippen LogP contribution in [-0.2, 0) is 11.3 Å². The summed E-state index contributed by atoms with van der Waals surface area (Å²) in [7, 11) is 0. The Morgan fingerprint density at radius 1 is 0.962 bits per heavy atom. The van der Waals surface area contributed by atoms with Crippen molar-refractivity contribution in [3.8, 4) is 0 Å². The zero-order chi connectivity index (χ0) is 18.5. The Hall–Kier alpha value is -1.30. The number of carbonyl (C=O) groups is 1. The average molecular weight is 413 g/mol. The van der Waals surface area contributed by atoms with Crippen LogP contribution in [0.4, 0.5) is 5.69 Å². The van der Waals surface area contributed by atoms with E-state index in [0.29, 0.717) is 22.3 Å². The highest BCUT2D eigenvalue weighted by atomic mass is 35.5. The summed E-state index contributed by atoms with van der Waals surface area (Å²) < 4.78 is 0. The second-order valence-electron chi connectivity index (χ2n) is 6.33. The molecule has 1 N–H and O–H groups in total. The smallest absolute Gasteiger partial charge is 0.238 e. The molecule has 0 aromatic heterocycles. The summed E-state index contributed by atoms with van der Waals surface area (Å²) in [5.41, 5.74) is 1.75. The van der Waals surface area contributed by atoms with Crippen LogP contribution in [0.25, 0.3) is 0 Å². The first-order chi connectivity index (χ1) is 12.5. The Morgan fingerprint density at radius 2 is 1.65 bits per heavy atom. The molecule has 2 aromatic carbocycles. The average Bonchev–Trinajstić information content (AvgIpc) is 2.61. The molecular formula is C19H20Cl3N3O. The van der Waals surface area contributed by atoms with Crippen LogP contribution in [0.1, 0.15) is 5.56 Å². The van der Waals surface area contributed by atoms with Gasteiger partial charge in [-0.1, -0.05) is 53.0 Å². The van der Waals surface area contributed by atoms with Gasteiger partial charge in [0.05, 0.1) is 22.3 Å². The summed E-state index contributed by atoms with van der Waals surface area (Å²) in [5.74, 6) is -0.0857. The number of nitrogens with one attached hydrogen (secondary N) is 1. The molecule has 26 heavy (non-hydrogen) atoms. The molecule has 0 spiro atoms. The number of hydrogen-bond donors (Lipinski definition) is 1. The fraction of sp³-hybridized carbons (Fsp3) is 0.316. The van der Waals surface area contributed by atoms with Gasteiger partial charge in [0.25, 0.3) is 0 Å². The molecule has 0 bridgehead atoms. The predicted molar refractivity (Wildman–Crippen MR) is 108 cm³/mol. The first-order valence-corrected chi connectivity index (χ1v) is 9.57. The summed E-state index contributed by atoms with van der Waals surface area (Å²) in [6.45, 7) is 4.73. The van der Waals surface area contributed by atoms with E-state index in [1.165, 1.54) is 5.56 Å². The van der Waals surface area contributed by atoms with E-state index in [1.807, 2.05) is 18.2 Å². The number of halogens is 3. The lowest BCUT2D eigenvalue weighted by Crippen LogP contribution is -2.48. The monoisotopic (exact) mass is 411 g/mol. The summed E-state index contributed by atoms with van der Waals surface area (Å²) in [6, 6.07) is 13.1. The summed E-state index contributed by atoms with van der Waals surface area (Å²) >= 11 is 18.1. The molecular weight excluding hydrogens is 393 g/mol. The lowest BCUT2D eigenvalue weighted by molar-refractivity contribution is -0.117. The molecule has 138 valence electrons. The van der Waals surface area contributed by atoms with Crippen LogP contribution >= 0.6 is 34.8 Å². The number of carbonyl (C=O) groups excluding carboxylic acids is 1. The lowest BCUT2D eigenvalue weighted by Gasteiger charge is -2.34. The lowest BCUT2D eigenvalue weighted by atomic mass is 10.2. The molecule has 7 heteroatoms. The van der Waals surface area contributed by atoms with Crippen molar-refractivity contribution in [2.24, 2.45) is 0 Å². The molecule has 1 heterocycles. The Balaban J connectivity index is 1.46. The van der Waals surface area contributed by atoms with Crippen LogP contribution in [0, 0.1) is 0 Å². The molecule has 2 aromatic rings. The topological polar surface area (TPSA) is 35.6 Å². The molecule has 1 fully saturated rings. The first kappa shape index (κ1) is 19.5. The molecule has 0 aliphatic carbocycles. The molecule has 3 rings (SSSR count). The second-order valence-corrected chi connectivity index (χ2v) is 7.55. The number of hydrogen-bond acceptors (Lipinski definition) is 3. The number of nitrogens with zero attached hydrogens (tertiary/aromatic N) is 2. The maximum absolute atomic E-state index is 12.3. The van der Waals surface area contributed by atoms with Crippen LogP contribution < -0.4 is 5.32 Å². The van der Waals surface area contributed by atoms with Gasteiger partial charge in [-0.2, -0.15) is 0 Å². The fourth-order valence-electron chi connectivity index (χ4n) is 2.99. The normalized spacial score (nSPS) is 15.8. The number of amides is 1. The Kier molecular flexibility index (Phi) is 6.79. The SMILES string of the molecule is O=C(CN1CCN(Cc2cccc(Cl)c2)CC1)Nc1cccc(Cl)c1Cl. The highest BCUT2D eigenvalue weighted by molar-refractivity contribution is 6.44. The Labute approximate surface area is 168 Å². The highest BCUT2D eigenvalue weighted by Crippen LogP contribution is 2.29. The van der Waals surface area contributed by atoms with Crippen molar-refractivity contribution in [3.05, 3.63) is 63.1 Å². The number of benzene rings is 2.